The lowest BCUT2D eigenvalue weighted by atomic mass is 9.85. The summed E-state index contributed by atoms with van der Waals surface area (Å²) in [6.45, 7) is 0. The van der Waals surface area contributed by atoms with E-state index in [1.807, 2.05) is 0 Å². The van der Waals surface area contributed by atoms with E-state index < -0.39 is 0 Å². The highest BCUT2D eigenvalue weighted by atomic mass is 32.2. The van der Waals surface area contributed by atoms with Gasteiger partial charge in [-0.05, 0) is 90.7 Å². The zero-order chi connectivity index (χ0) is 22.8. The minimum absolute atomic E-state index is 0.138. The van der Waals surface area contributed by atoms with Crippen molar-refractivity contribution in [1.82, 2.24) is 0 Å². The van der Waals surface area contributed by atoms with Gasteiger partial charge in [0.1, 0.15) is 0 Å². The van der Waals surface area contributed by atoms with E-state index >= 15 is 0 Å². The van der Waals surface area contributed by atoms with Gasteiger partial charge in [0.25, 0.3) is 0 Å². The molecule has 0 aliphatic heterocycles. The van der Waals surface area contributed by atoms with Crippen molar-refractivity contribution >= 4 is 52.8 Å². The lowest BCUT2D eigenvalue weighted by Gasteiger charge is -2.23. The smallest absolute Gasteiger partial charge is 0.195 e. The maximum Gasteiger partial charge on any atom is 0.195 e. The van der Waals surface area contributed by atoms with E-state index in [2.05, 4.69) is 97.4 Å². The number of benzene rings is 4. The average molecular weight is 503 g/mol. The molecule has 4 aromatic rings. The van der Waals surface area contributed by atoms with E-state index in [4.69, 9.17) is 0 Å². The van der Waals surface area contributed by atoms with Gasteiger partial charge in [-0.3, -0.25) is 4.79 Å². The molecule has 0 fully saturated rings. The van der Waals surface area contributed by atoms with Gasteiger partial charge in [0.2, 0.25) is 0 Å². The second-order valence-corrected chi connectivity index (χ2v) is 11.6. The van der Waals surface area contributed by atoms with Crippen molar-refractivity contribution in [2.45, 2.75) is 35.8 Å². The number of carbonyl (C=O) groups excluding carboxylic acids is 1. The van der Waals surface area contributed by atoms with E-state index in [-0.39, 0.29) is 5.78 Å². The van der Waals surface area contributed by atoms with Crippen LogP contribution in [0.25, 0.3) is 0 Å². The van der Waals surface area contributed by atoms with Gasteiger partial charge < -0.3 is 0 Å². The fourth-order valence-electron chi connectivity index (χ4n) is 4.00. The Hall–Kier alpha value is -2.05. The van der Waals surface area contributed by atoms with Crippen LogP contribution in [0.15, 0.2) is 114 Å². The summed E-state index contributed by atoms with van der Waals surface area (Å²) in [6.07, 6.45) is 4.95. The molecular formula is C28H22OS4. The second kappa shape index (κ2) is 10.1. The molecule has 5 rings (SSSR count). The van der Waals surface area contributed by atoms with Crippen LogP contribution in [0, 0.1) is 0 Å². The SMILES string of the molecule is CSc1ccc(Sc2cccc3c2C(=O)c2c(cccc2Sc2ccc(SC)cc2)C3)cc1. The third-order valence-corrected chi connectivity index (χ3v) is 9.26. The van der Waals surface area contributed by atoms with Gasteiger partial charge in [-0.2, -0.15) is 0 Å². The zero-order valence-electron chi connectivity index (χ0n) is 18.3. The molecule has 4 aromatic carbocycles. The lowest BCUT2D eigenvalue weighted by molar-refractivity contribution is 0.102. The normalized spacial score (nSPS) is 12.4. The summed E-state index contributed by atoms with van der Waals surface area (Å²) < 4.78 is 0. The van der Waals surface area contributed by atoms with Crippen LogP contribution < -0.4 is 0 Å². The van der Waals surface area contributed by atoms with Crippen molar-refractivity contribution in [3.05, 3.63) is 107 Å². The molecule has 0 unspecified atom stereocenters. The summed E-state index contributed by atoms with van der Waals surface area (Å²) >= 11 is 6.82. The fraction of sp³-hybridized carbons (Fsp3) is 0.107. The van der Waals surface area contributed by atoms with Gasteiger partial charge in [0.15, 0.2) is 5.78 Å². The van der Waals surface area contributed by atoms with Gasteiger partial charge in [0, 0.05) is 40.5 Å². The highest BCUT2D eigenvalue weighted by Gasteiger charge is 2.28. The minimum Gasteiger partial charge on any atom is -0.289 e. The first-order chi connectivity index (χ1) is 16.2. The Kier molecular flexibility index (Phi) is 6.93. The van der Waals surface area contributed by atoms with Crippen LogP contribution in [0.4, 0.5) is 0 Å². The maximum absolute atomic E-state index is 13.9. The van der Waals surface area contributed by atoms with Crippen LogP contribution in [0.3, 0.4) is 0 Å². The van der Waals surface area contributed by atoms with Crippen molar-refractivity contribution < 1.29 is 4.79 Å². The summed E-state index contributed by atoms with van der Waals surface area (Å²) in [5.74, 6) is 0.138. The molecule has 0 aromatic heterocycles. The molecule has 0 heterocycles. The van der Waals surface area contributed by atoms with Gasteiger partial charge in [-0.25, -0.2) is 0 Å². The Morgan fingerprint density at radius 3 is 1.33 bits per heavy atom. The molecule has 0 spiro atoms. The van der Waals surface area contributed by atoms with Gasteiger partial charge in [0.05, 0.1) is 0 Å². The highest BCUT2D eigenvalue weighted by molar-refractivity contribution is 8.00. The van der Waals surface area contributed by atoms with Crippen molar-refractivity contribution in [3.8, 4) is 0 Å². The molecule has 1 aliphatic carbocycles. The van der Waals surface area contributed by atoms with Crippen LogP contribution in [0.5, 0.6) is 0 Å². The number of hydrogen-bond acceptors (Lipinski definition) is 5. The highest BCUT2D eigenvalue weighted by Crippen LogP contribution is 2.41. The number of carbonyl (C=O) groups is 1. The number of thioether (sulfide) groups is 2. The molecule has 0 saturated heterocycles. The molecule has 0 radical (unpaired) electrons. The number of fused-ring (bicyclic) bond motifs is 2. The van der Waals surface area contributed by atoms with E-state index in [9.17, 15) is 4.79 Å². The molecule has 1 nitrogen and oxygen atoms in total. The van der Waals surface area contributed by atoms with E-state index in [0.717, 1.165) is 48.3 Å². The lowest BCUT2D eigenvalue weighted by Crippen LogP contribution is -2.17. The van der Waals surface area contributed by atoms with E-state index in [1.165, 1.54) is 9.79 Å². The Balaban J connectivity index is 1.49. The van der Waals surface area contributed by atoms with Crippen molar-refractivity contribution in [2.24, 2.45) is 0 Å². The van der Waals surface area contributed by atoms with Gasteiger partial charge in [-0.1, -0.05) is 47.8 Å². The average Bonchev–Trinajstić information content (AvgIpc) is 2.85. The predicted molar refractivity (Wildman–Crippen MR) is 144 cm³/mol. The van der Waals surface area contributed by atoms with Crippen molar-refractivity contribution in [2.75, 3.05) is 12.5 Å². The summed E-state index contributed by atoms with van der Waals surface area (Å²) in [6, 6.07) is 29.6. The fourth-order valence-corrected chi connectivity index (χ4v) is 6.82. The molecule has 0 amide bonds. The summed E-state index contributed by atoms with van der Waals surface area (Å²) in [5, 5.41) is 0. The monoisotopic (exact) mass is 502 g/mol. The third kappa shape index (κ3) is 4.78. The molecule has 33 heavy (non-hydrogen) atoms. The van der Waals surface area contributed by atoms with Crippen molar-refractivity contribution in [1.29, 1.82) is 0 Å². The first-order valence-corrected chi connectivity index (χ1v) is 14.7. The molecular weight excluding hydrogens is 481 g/mol. The quantitative estimate of drug-likeness (QED) is 0.216. The number of ketones is 1. The number of rotatable bonds is 6. The Morgan fingerprint density at radius 1 is 0.545 bits per heavy atom. The Bertz CT molecular complexity index is 1210. The molecule has 164 valence electrons. The van der Waals surface area contributed by atoms with Crippen molar-refractivity contribution in [3.63, 3.8) is 0 Å². The molecule has 0 saturated carbocycles. The van der Waals surface area contributed by atoms with Crippen LogP contribution >= 0.6 is 47.0 Å². The molecule has 5 heteroatoms. The standard InChI is InChI=1S/C28H22OS4/c1-30-20-9-13-22(14-10-20)32-24-7-3-5-18-17-19-6-4-8-25(27(19)28(29)26(18)24)33-23-15-11-21(31-2)12-16-23/h3-16H,17H2,1-2H3. The molecule has 0 bridgehead atoms. The summed E-state index contributed by atoms with van der Waals surface area (Å²) in [7, 11) is 0. The Labute approximate surface area is 212 Å². The molecule has 1 aliphatic rings. The maximum atomic E-state index is 13.9. The molecule has 0 N–H and O–H groups in total. The number of hydrogen-bond donors (Lipinski definition) is 0. The van der Waals surface area contributed by atoms with Gasteiger partial charge >= 0.3 is 0 Å². The van der Waals surface area contributed by atoms with E-state index in [0.29, 0.717) is 0 Å². The van der Waals surface area contributed by atoms with Crippen LogP contribution in [-0.4, -0.2) is 18.3 Å². The predicted octanol–water partition coefficient (Wildman–Crippen LogP) is 8.57. The topological polar surface area (TPSA) is 17.1 Å². The first-order valence-electron chi connectivity index (χ1n) is 10.6. The van der Waals surface area contributed by atoms with Crippen LogP contribution in [0.2, 0.25) is 0 Å². The van der Waals surface area contributed by atoms with Gasteiger partial charge in [-0.15, -0.1) is 23.5 Å². The Morgan fingerprint density at radius 2 is 0.939 bits per heavy atom. The third-order valence-electron chi connectivity index (χ3n) is 5.63. The second-order valence-electron chi connectivity index (χ2n) is 7.64. The first kappa shape index (κ1) is 22.7. The summed E-state index contributed by atoms with van der Waals surface area (Å²) in [4.78, 5) is 20.7. The summed E-state index contributed by atoms with van der Waals surface area (Å²) in [5.41, 5.74) is 3.94. The van der Waals surface area contributed by atoms with E-state index in [1.54, 1.807) is 47.0 Å². The molecule has 0 atom stereocenters. The van der Waals surface area contributed by atoms with Crippen LogP contribution in [0.1, 0.15) is 27.0 Å². The minimum atomic E-state index is 0.138. The largest absolute Gasteiger partial charge is 0.289 e. The zero-order valence-corrected chi connectivity index (χ0v) is 21.6. The van der Waals surface area contributed by atoms with Crippen LogP contribution in [-0.2, 0) is 6.42 Å².